The molecule has 0 spiro atoms. The van der Waals surface area contributed by atoms with E-state index in [4.69, 9.17) is 23.2 Å². The maximum absolute atomic E-state index is 13.6. The minimum absolute atomic E-state index is 0.239. The normalized spacial score (nSPS) is 13.4. The Kier molecular flexibility index (Phi) is 4.33. The Hall–Kier alpha value is -1.15. The monoisotopic (exact) mass is 337 g/mol. The van der Waals surface area contributed by atoms with Crippen LogP contribution in [0, 0.1) is 5.82 Å². The first-order valence-corrected chi connectivity index (χ1v) is 7.71. The summed E-state index contributed by atoms with van der Waals surface area (Å²) in [7, 11) is -3.98. The van der Waals surface area contributed by atoms with Crippen LogP contribution in [-0.4, -0.2) is 18.6 Å². The van der Waals surface area contributed by atoms with Gasteiger partial charge in [-0.05, 0) is 19.1 Å². The van der Waals surface area contributed by atoms with Crippen molar-refractivity contribution in [3.8, 4) is 0 Å². The summed E-state index contributed by atoms with van der Waals surface area (Å²) in [4.78, 5) is -0.364. The highest BCUT2D eigenvalue weighted by molar-refractivity contribution is 7.89. The van der Waals surface area contributed by atoms with Gasteiger partial charge in [0.05, 0.1) is 16.2 Å². The number of benzene rings is 1. The molecule has 1 aromatic carbocycles. The van der Waals surface area contributed by atoms with Crippen LogP contribution in [0.25, 0.3) is 0 Å². The number of H-pyrrole nitrogens is 1. The van der Waals surface area contributed by atoms with Crippen LogP contribution in [0.3, 0.4) is 0 Å². The van der Waals surface area contributed by atoms with Crippen LogP contribution in [0.4, 0.5) is 4.39 Å². The molecule has 1 aromatic heterocycles. The van der Waals surface area contributed by atoms with Gasteiger partial charge in [-0.2, -0.15) is 5.10 Å². The number of aromatic nitrogens is 2. The second kappa shape index (κ2) is 5.69. The van der Waals surface area contributed by atoms with Gasteiger partial charge in [0.2, 0.25) is 10.0 Å². The number of aromatic amines is 1. The summed E-state index contributed by atoms with van der Waals surface area (Å²) < 4.78 is 40.3. The van der Waals surface area contributed by atoms with E-state index in [1.165, 1.54) is 6.20 Å². The smallest absolute Gasteiger partial charge is 0.242 e. The molecule has 0 saturated heterocycles. The summed E-state index contributed by atoms with van der Waals surface area (Å²) in [6, 6.07) is 1.74. The lowest BCUT2D eigenvalue weighted by atomic mass is 10.2. The van der Waals surface area contributed by atoms with Gasteiger partial charge in [0.25, 0.3) is 0 Å². The highest BCUT2D eigenvalue weighted by atomic mass is 35.5. The summed E-state index contributed by atoms with van der Waals surface area (Å²) >= 11 is 11.2. The SMILES string of the molecule is CC(NS(=O)(=O)c1ccc(Cl)c(F)c1Cl)c1cn[nH]c1. The van der Waals surface area contributed by atoms with E-state index < -0.39 is 26.9 Å². The van der Waals surface area contributed by atoms with Crippen molar-refractivity contribution in [3.05, 3.63) is 46.0 Å². The van der Waals surface area contributed by atoms with E-state index in [1.54, 1.807) is 13.1 Å². The van der Waals surface area contributed by atoms with Crippen molar-refractivity contribution < 1.29 is 12.8 Å². The molecule has 1 heterocycles. The Morgan fingerprint density at radius 2 is 2.10 bits per heavy atom. The Morgan fingerprint density at radius 3 is 2.70 bits per heavy atom. The second-order valence-corrected chi connectivity index (χ2v) is 6.52. The topological polar surface area (TPSA) is 74.8 Å². The van der Waals surface area contributed by atoms with Crippen LogP contribution < -0.4 is 4.72 Å². The summed E-state index contributed by atoms with van der Waals surface area (Å²) in [6.45, 7) is 1.63. The average molecular weight is 338 g/mol. The molecule has 2 rings (SSSR count). The van der Waals surface area contributed by atoms with E-state index >= 15 is 0 Å². The predicted octanol–water partition coefficient (Wildman–Crippen LogP) is 2.90. The van der Waals surface area contributed by atoms with Crippen LogP contribution in [0.2, 0.25) is 10.0 Å². The molecule has 2 N–H and O–H groups in total. The lowest BCUT2D eigenvalue weighted by Crippen LogP contribution is -2.27. The predicted molar refractivity (Wildman–Crippen MR) is 73.7 cm³/mol. The van der Waals surface area contributed by atoms with Crippen molar-refractivity contribution in [3.63, 3.8) is 0 Å². The quantitative estimate of drug-likeness (QED) is 0.842. The van der Waals surface area contributed by atoms with Gasteiger partial charge in [0.15, 0.2) is 5.82 Å². The summed E-state index contributed by atoms with van der Waals surface area (Å²) in [5.41, 5.74) is 0.638. The van der Waals surface area contributed by atoms with E-state index in [2.05, 4.69) is 14.9 Å². The molecule has 1 atom stereocenters. The third kappa shape index (κ3) is 2.95. The molecule has 0 saturated carbocycles. The molecule has 0 aliphatic heterocycles. The maximum atomic E-state index is 13.6. The van der Waals surface area contributed by atoms with Crippen molar-refractivity contribution in [2.75, 3.05) is 0 Å². The number of hydrogen-bond donors (Lipinski definition) is 2. The number of halogens is 3. The molecule has 0 radical (unpaired) electrons. The Labute approximate surface area is 125 Å². The second-order valence-electron chi connectivity index (χ2n) is 4.05. The molecule has 2 aromatic rings. The molecular formula is C11H10Cl2FN3O2S. The summed E-state index contributed by atoms with van der Waals surface area (Å²) in [6.07, 6.45) is 3.04. The van der Waals surface area contributed by atoms with Crippen LogP contribution in [-0.2, 0) is 10.0 Å². The van der Waals surface area contributed by atoms with E-state index in [1.807, 2.05) is 0 Å². The van der Waals surface area contributed by atoms with Crippen molar-refractivity contribution in [2.24, 2.45) is 0 Å². The minimum atomic E-state index is -3.98. The van der Waals surface area contributed by atoms with E-state index in [9.17, 15) is 12.8 Å². The Morgan fingerprint density at radius 1 is 1.40 bits per heavy atom. The number of rotatable bonds is 4. The summed E-state index contributed by atoms with van der Waals surface area (Å²) in [5.74, 6) is -0.966. The Balaban J connectivity index is 2.34. The molecule has 20 heavy (non-hydrogen) atoms. The zero-order valence-corrected chi connectivity index (χ0v) is 12.5. The number of nitrogens with one attached hydrogen (secondary N) is 2. The van der Waals surface area contributed by atoms with Gasteiger partial charge in [-0.25, -0.2) is 17.5 Å². The number of nitrogens with zero attached hydrogens (tertiary/aromatic N) is 1. The molecule has 0 aliphatic carbocycles. The van der Waals surface area contributed by atoms with E-state index in [0.29, 0.717) is 5.56 Å². The van der Waals surface area contributed by atoms with Gasteiger partial charge in [-0.3, -0.25) is 5.10 Å². The number of sulfonamides is 1. The third-order valence-electron chi connectivity index (χ3n) is 2.64. The third-order valence-corrected chi connectivity index (χ3v) is 5.00. The standard InChI is InChI=1S/C11H10Cl2FN3O2S/c1-6(7-4-15-16-5-7)17-20(18,19)9-3-2-8(12)11(14)10(9)13/h2-6,17H,1H3,(H,15,16). The van der Waals surface area contributed by atoms with Gasteiger partial charge in [0.1, 0.15) is 4.90 Å². The highest BCUT2D eigenvalue weighted by Crippen LogP contribution is 2.30. The molecule has 1 unspecified atom stereocenters. The first-order valence-electron chi connectivity index (χ1n) is 5.47. The fraction of sp³-hybridized carbons (Fsp3) is 0.182. The van der Waals surface area contributed by atoms with Gasteiger partial charge in [-0.15, -0.1) is 0 Å². The molecule has 0 fully saturated rings. The van der Waals surface area contributed by atoms with Crippen LogP contribution in [0.15, 0.2) is 29.4 Å². The molecule has 0 aliphatic rings. The van der Waals surface area contributed by atoms with Crippen molar-refractivity contribution in [1.82, 2.24) is 14.9 Å². The van der Waals surface area contributed by atoms with Gasteiger partial charge >= 0.3 is 0 Å². The molecule has 9 heteroatoms. The van der Waals surface area contributed by atoms with Gasteiger partial charge < -0.3 is 0 Å². The van der Waals surface area contributed by atoms with E-state index in [0.717, 1.165) is 12.1 Å². The highest BCUT2D eigenvalue weighted by Gasteiger charge is 2.24. The molecule has 108 valence electrons. The molecule has 0 amide bonds. The molecular weight excluding hydrogens is 328 g/mol. The van der Waals surface area contributed by atoms with Crippen LogP contribution in [0.5, 0.6) is 0 Å². The maximum Gasteiger partial charge on any atom is 0.242 e. The molecule has 0 bridgehead atoms. The first-order chi connectivity index (χ1) is 9.33. The minimum Gasteiger partial charge on any atom is -0.285 e. The van der Waals surface area contributed by atoms with Crippen LogP contribution in [0.1, 0.15) is 18.5 Å². The first kappa shape index (κ1) is 15.2. The van der Waals surface area contributed by atoms with Crippen molar-refractivity contribution in [2.45, 2.75) is 17.9 Å². The summed E-state index contributed by atoms with van der Waals surface area (Å²) in [5, 5.41) is 5.53. The fourth-order valence-corrected chi connectivity index (χ4v) is 3.55. The molecule has 5 nitrogen and oxygen atoms in total. The lowest BCUT2D eigenvalue weighted by molar-refractivity contribution is 0.564. The zero-order chi connectivity index (χ0) is 14.9. The fourth-order valence-electron chi connectivity index (χ4n) is 1.58. The van der Waals surface area contributed by atoms with Crippen LogP contribution >= 0.6 is 23.2 Å². The van der Waals surface area contributed by atoms with E-state index in [-0.39, 0.29) is 9.92 Å². The average Bonchev–Trinajstić information content (AvgIpc) is 2.89. The number of hydrogen-bond acceptors (Lipinski definition) is 3. The van der Waals surface area contributed by atoms with Gasteiger partial charge in [-0.1, -0.05) is 23.2 Å². The van der Waals surface area contributed by atoms with Crippen molar-refractivity contribution in [1.29, 1.82) is 0 Å². The Bertz CT molecular complexity index is 720. The van der Waals surface area contributed by atoms with Crippen molar-refractivity contribution >= 4 is 33.2 Å². The van der Waals surface area contributed by atoms with Gasteiger partial charge in [0, 0.05) is 17.8 Å². The zero-order valence-electron chi connectivity index (χ0n) is 10.2. The largest absolute Gasteiger partial charge is 0.285 e. The lowest BCUT2D eigenvalue weighted by Gasteiger charge is -2.14.